The van der Waals surface area contributed by atoms with Crippen molar-refractivity contribution in [3.05, 3.63) is 63.9 Å². The number of rotatable bonds is 10. The van der Waals surface area contributed by atoms with Crippen molar-refractivity contribution in [1.29, 1.82) is 0 Å². The second-order valence-electron chi connectivity index (χ2n) is 7.81. The molecular weight excluding hydrogens is 424 g/mol. The summed E-state index contributed by atoms with van der Waals surface area (Å²) in [7, 11) is 1.66. The molecule has 7 nitrogen and oxygen atoms in total. The summed E-state index contributed by atoms with van der Waals surface area (Å²) in [6.07, 6.45) is 1.60. The lowest BCUT2D eigenvalue weighted by atomic mass is 10.1. The van der Waals surface area contributed by atoms with Crippen molar-refractivity contribution in [3.63, 3.8) is 0 Å². The highest BCUT2D eigenvalue weighted by Gasteiger charge is 2.16. The molecule has 0 N–H and O–H groups in total. The molecule has 0 saturated carbocycles. The number of fused-ring (bicyclic) bond motifs is 3. The van der Waals surface area contributed by atoms with Crippen LogP contribution in [0.3, 0.4) is 0 Å². The van der Waals surface area contributed by atoms with Gasteiger partial charge in [-0.2, -0.15) is 0 Å². The Kier molecular flexibility index (Phi) is 7.12. The number of hydrogen-bond donors (Lipinski definition) is 0. The fraction of sp³-hybridized carbons (Fsp3) is 0.375. The first-order valence-electron chi connectivity index (χ1n) is 10.8. The Morgan fingerprint density at radius 2 is 1.78 bits per heavy atom. The monoisotopic (exact) mass is 452 g/mol. The number of methoxy groups -OCH3 is 1. The van der Waals surface area contributed by atoms with Gasteiger partial charge in [-0.05, 0) is 62.1 Å². The smallest absolute Gasteiger partial charge is 0.262 e. The number of hydrogen-bond acceptors (Lipinski definition) is 6. The molecule has 0 spiro atoms. The predicted molar refractivity (Wildman–Crippen MR) is 128 cm³/mol. The molecule has 4 rings (SSSR count). The van der Waals surface area contributed by atoms with Gasteiger partial charge >= 0.3 is 0 Å². The zero-order valence-corrected chi connectivity index (χ0v) is 19.5. The molecule has 0 aliphatic heterocycles. The van der Waals surface area contributed by atoms with Gasteiger partial charge in [0.25, 0.3) is 5.56 Å². The minimum absolute atomic E-state index is 0.0463. The number of thioether (sulfide) groups is 1. The highest BCUT2D eigenvalue weighted by atomic mass is 32.2. The number of benzene rings is 2. The summed E-state index contributed by atoms with van der Waals surface area (Å²) >= 11 is 1.63. The third kappa shape index (κ3) is 4.81. The van der Waals surface area contributed by atoms with Crippen molar-refractivity contribution in [2.24, 2.45) is 0 Å². The maximum atomic E-state index is 13.0. The van der Waals surface area contributed by atoms with Gasteiger partial charge in [0.1, 0.15) is 5.75 Å². The summed E-state index contributed by atoms with van der Waals surface area (Å²) in [4.78, 5) is 13.0. The van der Waals surface area contributed by atoms with Crippen molar-refractivity contribution in [2.45, 2.75) is 38.4 Å². The normalized spacial score (nSPS) is 11.5. The van der Waals surface area contributed by atoms with Crippen molar-refractivity contribution < 1.29 is 9.47 Å². The summed E-state index contributed by atoms with van der Waals surface area (Å²) in [6.45, 7) is 5.90. The quantitative estimate of drug-likeness (QED) is 0.265. The van der Waals surface area contributed by atoms with E-state index in [1.54, 1.807) is 23.4 Å². The van der Waals surface area contributed by atoms with Crippen LogP contribution in [-0.2, 0) is 11.3 Å². The lowest BCUT2D eigenvalue weighted by molar-refractivity contribution is 0.190. The minimum atomic E-state index is -0.0463. The second kappa shape index (κ2) is 10.2. The highest BCUT2D eigenvalue weighted by Crippen LogP contribution is 2.23. The van der Waals surface area contributed by atoms with Crippen LogP contribution in [0.5, 0.6) is 5.75 Å². The van der Waals surface area contributed by atoms with E-state index < -0.39 is 0 Å². The van der Waals surface area contributed by atoms with E-state index in [-0.39, 0.29) is 5.56 Å². The molecule has 0 radical (unpaired) electrons. The maximum absolute atomic E-state index is 13.0. The number of aryl methyl sites for hydroxylation is 3. The standard InChI is InChI=1S/C24H28N4O3S/c1-17-14-18(2)16-19(15-17)31-12-7-13-32-24-26-25-23-27(10-6-11-30-3)22(29)20-8-4-5-9-21(20)28(23)24/h4-5,8-9,14-16H,6-7,10-13H2,1-3H3. The lowest BCUT2D eigenvalue weighted by Gasteiger charge is -2.11. The van der Waals surface area contributed by atoms with Crippen molar-refractivity contribution in [2.75, 3.05) is 26.1 Å². The molecule has 2 aromatic heterocycles. The van der Waals surface area contributed by atoms with E-state index in [0.717, 1.165) is 35.0 Å². The summed E-state index contributed by atoms with van der Waals surface area (Å²) in [6, 6.07) is 13.9. The van der Waals surface area contributed by atoms with Crippen LogP contribution in [-0.4, -0.2) is 45.2 Å². The van der Waals surface area contributed by atoms with E-state index in [2.05, 4.69) is 42.2 Å². The van der Waals surface area contributed by atoms with E-state index in [4.69, 9.17) is 9.47 Å². The molecule has 32 heavy (non-hydrogen) atoms. The molecule has 0 amide bonds. The molecule has 0 unspecified atom stereocenters. The van der Waals surface area contributed by atoms with Crippen molar-refractivity contribution >= 4 is 28.4 Å². The van der Waals surface area contributed by atoms with E-state index in [1.165, 1.54) is 11.1 Å². The van der Waals surface area contributed by atoms with Crippen LogP contribution in [0.2, 0.25) is 0 Å². The fourth-order valence-corrected chi connectivity index (χ4v) is 4.68. The van der Waals surface area contributed by atoms with Crippen LogP contribution >= 0.6 is 11.8 Å². The molecule has 0 bridgehead atoms. The van der Waals surface area contributed by atoms with Crippen LogP contribution in [0.15, 0.2) is 52.4 Å². The van der Waals surface area contributed by atoms with Gasteiger partial charge in [-0.3, -0.25) is 13.8 Å². The van der Waals surface area contributed by atoms with Gasteiger partial charge in [0.2, 0.25) is 5.78 Å². The third-order valence-corrected chi connectivity index (χ3v) is 6.21. The molecule has 0 fully saturated rings. The van der Waals surface area contributed by atoms with Gasteiger partial charge < -0.3 is 9.47 Å². The van der Waals surface area contributed by atoms with Crippen LogP contribution in [0.25, 0.3) is 16.7 Å². The average molecular weight is 453 g/mol. The fourth-order valence-electron chi connectivity index (χ4n) is 3.82. The molecule has 0 aliphatic carbocycles. The Hall–Kier alpha value is -2.84. The van der Waals surface area contributed by atoms with Crippen LogP contribution in [0.4, 0.5) is 0 Å². The summed E-state index contributed by atoms with van der Waals surface area (Å²) < 4.78 is 14.8. The van der Waals surface area contributed by atoms with E-state index in [9.17, 15) is 4.79 Å². The molecule has 4 aromatic rings. The Bertz CT molecular complexity index is 1260. The summed E-state index contributed by atoms with van der Waals surface area (Å²) in [5, 5.41) is 10.2. The number of ether oxygens (including phenoxy) is 2. The first-order chi connectivity index (χ1) is 15.6. The third-order valence-electron chi connectivity index (χ3n) is 5.19. The van der Waals surface area contributed by atoms with E-state index >= 15 is 0 Å². The van der Waals surface area contributed by atoms with Gasteiger partial charge in [0.15, 0.2) is 5.16 Å². The summed E-state index contributed by atoms with van der Waals surface area (Å²) in [5.41, 5.74) is 3.19. The Morgan fingerprint density at radius 3 is 2.56 bits per heavy atom. The van der Waals surface area contributed by atoms with Crippen LogP contribution in [0, 0.1) is 13.8 Å². The Labute approximate surface area is 191 Å². The largest absolute Gasteiger partial charge is 0.494 e. The van der Waals surface area contributed by atoms with Gasteiger partial charge in [0.05, 0.1) is 17.5 Å². The minimum Gasteiger partial charge on any atom is -0.494 e. The van der Waals surface area contributed by atoms with Crippen molar-refractivity contribution in [1.82, 2.24) is 19.2 Å². The molecular formula is C24H28N4O3S. The molecule has 2 aromatic carbocycles. The first kappa shape index (κ1) is 22.4. The topological polar surface area (TPSA) is 70.7 Å². The van der Waals surface area contributed by atoms with E-state index in [0.29, 0.717) is 30.9 Å². The zero-order valence-electron chi connectivity index (χ0n) is 18.7. The van der Waals surface area contributed by atoms with Gasteiger partial charge in [0, 0.05) is 26.0 Å². The van der Waals surface area contributed by atoms with Gasteiger partial charge in [-0.25, -0.2) is 0 Å². The maximum Gasteiger partial charge on any atom is 0.262 e. The van der Waals surface area contributed by atoms with Crippen molar-refractivity contribution in [3.8, 4) is 5.75 Å². The average Bonchev–Trinajstić information content (AvgIpc) is 3.19. The van der Waals surface area contributed by atoms with Gasteiger partial charge in [-0.15, -0.1) is 10.2 Å². The van der Waals surface area contributed by atoms with Gasteiger partial charge in [-0.1, -0.05) is 30.0 Å². The first-order valence-corrected chi connectivity index (χ1v) is 11.8. The molecule has 8 heteroatoms. The molecule has 2 heterocycles. The highest BCUT2D eigenvalue weighted by molar-refractivity contribution is 7.99. The molecule has 0 atom stereocenters. The molecule has 168 valence electrons. The predicted octanol–water partition coefficient (Wildman–Crippen LogP) is 4.26. The number of para-hydroxylation sites is 1. The number of aromatic nitrogens is 4. The SMILES string of the molecule is COCCCn1c(=O)c2ccccc2n2c(SCCCOc3cc(C)cc(C)c3)nnc12. The molecule has 0 saturated heterocycles. The zero-order chi connectivity index (χ0) is 22.5. The Morgan fingerprint density at radius 1 is 1.00 bits per heavy atom. The number of nitrogens with zero attached hydrogens (tertiary/aromatic N) is 4. The Balaban J connectivity index is 1.51. The van der Waals surface area contributed by atoms with Crippen LogP contribution < -0.4 is 10.3 Å². The van der Waals surface area contributed by atoms with E-state index in [1.807, 2.05) is 28.7 Å². The second-order valence-corrected chi connectivity index (χ2v) is 8.87. The molecule has 0 aliphatic rings. The lowest BCUT2D eigenvalue weighted by Crippen LogP contribution is -2.24. The summed E-state index contributed by atoms with van der Waals surface area (Å²) in [5.74, 6) is 2.31. The van der Waals surface area contributed by atoms with Crippen LogP contribution in [0.1, 0.15) is 24.0 Å².